The molecule has 1 atom stereocenters. The van der Waals surface area contributed by atoms with E-state index in [9.17, 15) is 4.79 Å². The van der Waals surface area contributed by atoms with E-state index in [0.29, 0.717) is 35.9 Å². The summed E-state index contributed by atoms with van der Waals surface area (Å²) < 4.78 is 21.4. The Kier molecular flexibility index (Phi) is 4.64. The summed E-state index contributed by atoms with van der Waals surface area (Å²) >= 11 is 0. The number of amides is 1. The fourth-order valence-electron chi connectivity index (χ4n) is 3.09. The number of carbonyl (C=O) groups excluding carboxylic acids is 1. The van der Waals surface area contributed by atoms with Gasteiger partial charge in [0.25, 0.3) is 5.91 Å². The Bertz CT molecular complexity index is 685. The predicted molar refractivity (Wildman–Crippen MR) is 88.1 cm³/mol. The Morgan fingerprint density at radius 2 is 1.88 bits per heavy atom. The molecule has 2 aromatic rings. The Morgan fingerprint density at radius 3 is 2.42 bits per heavy atom. The topological polar surface area (TPSA) is 61.1 Å². The van der Waals surface area contributed by atoms with Crippen molar-refractivity contribution in [1.29, 1.82) is 0 Å². The van der Waals surface area contributed by atoms with Gasteiger partial charge in [-0.1, -0.05) is 0 Å². The van der Waals surface area contributed by atoms with E-state index in [1.165, 1.54) is 21.3 Å². The first-order chi connectivity index (χ1) is 11.7. The van der Waals surface area contributed by atoms with Crippen LogP contribution < -0.4 is 14.2 Å². The van der Waals surface area contributed by atoms with Gasteiger partial charge >= 0.3 is 0 Å². The van der Waals surface area contributed by atoms with Gasteiger partial charge in [-0.15, -0.1) is 0 Å². The summed E-state index contributed by atoms with van der Waals surface area (Å²) in [6.45, 7) is 1.34. The van der Waals surface area contributed by atoms with Gasteiger partial charge in [-0.3, -0.25) is 4.79 Å². The molecule has 0 spiro atoms. The van der Waals surface area contributed by atoms with E-state index in [2.05, 4.69) is 0 Å². The molecule has 3 rings (SSSR count). The second-order valence-electron chi connectivity index (χ2n) is 5.67. The fraction of sp³-hybridized carbons (Fsp3) is 0.389. The number of ether oxygens (including phenoxy) is 3. The van der Waals surface area contributed by atoms with Crippen LogP contribution in [-0.4, -0.2) is 45.2 Å². The first-order valence-corrected chi connectivity index (χ1v) is 7.80. The lowest BCUT2D eigenvalue weighted by molar-refractivity contribution is 0.0789. The maximum atomic E-state index is 12.8. The van der Waals surface area contributed by atoms with Gasteiger partial charge in [-0.05, 0) is 30.7 Å². The van der Waals surface area contributed by atoms with Crippen LogP contribution in [0.25, 0.3) is 0 Å². The first-order valence-electron chi connectivity index (χ1n) is 7.80. The van der Waals surface area contributed by atoms with Crippen LogP contribution in [-0.2, 0) is 0 Å². The second kappa shape index (κ2) is 6.86. The highest BCUT2D eigenvalue weighted by atomic mass is 16.5. The molecule has 1 aromatic carbocycles. The van der Waals surface area contributed by atoms with E-state index in [0.717, 1.165) is 12.2 Å². The lowest BCUT2D eigenvalue weighted by Gasteiger charge is -2.18. The summed E-state index contributed by atoms with van der Waals surface area (Å²) in [4.78, 5) is 14.7. The number of benzene rings is 1. The number of rotatable bonds is 5. The highest BCUT2D eigenvalue weighted by Crippen LogP contribution is 2.39. The van der Waals surface area contributed by atoms with Crippen molar-refractivity contribution < 1.29 is 23.4 Å². The number of carbonyl (C=O) groups is 1. The lowest BCUT2D eigenvalue weighted by atomic mass is 10.1. The normalized spacial score (nSPS) is 17.0. The van der Waals surface area contributed by atoms with Crippen molar-refractivity contribution in [2.45, 2.75) is 12.3 Å². The molecule has 0 saturated carbocycles. The van der Waals surface area contributed by atoms with E-state index >= 15 is 0 Å². The van der Waals surface area contributed by atoms with Crippen LogP contribution in [0, 0.1) is 0 Å². The Morgan fingerprint density at radius 1 is 1.17 bits per heavy atom. The molecule has 0 bridgehead atoms. The molecule has 0 N–H and O–H groups in total. The van der Waals surface area contributed by atoms with Crippen molar-refractivity contribution in [2.75, 3.05) is 34.4 Å². The van der Waals surface area contributed by atoms with Crippen LogP contribution in [0.5, 0.6) is 17.2 Å². The highest BCUT2D eigenvalue weighted by molar-refractivity contribution is 5.96. The van der Waals surface area contributed by atoms with Crippen LogP contribution in [0.2, 0.25) is 0 Å². The minimum Gasteiger partial charge on any atom is -0.493 e. The van der Waals surface area contributed by atoms with Crippen LogP contribution in [0.1, 0.15) is 28.5 Å². The van der Waals surface area contributed by atoms with Crippen molar-refractivity contribution in [3.05, 3.63) is 41.9 Å². The van der Waals surface area contributed by atoms with E-state index in [-0.39, 0.29) is 11.8 Å². The molecule has 6 nitrogen and oxygen atoms in total. The third kappa shape index (κ3) is 2.91. The Balaban J connectivity index is 1.82. The molecule has 1 aliphatic heterocycles. The first kappa shape index (κ1) is 16.2. The van der Waals surface area contributed by atoms with Crippen LogP contribution in [0.3, 0.4) is 0 Å². The SMILES string of the molecule is COc1cc(C(=O)N2CCC(c3ccco3)C2)cc(OC)c1OC. The van der Waals surface area contributed by atoms with Gasteiger partial charge in [0.15, 0.2) is 11.5 Å². The minimum absolute atomic E-state index is 0.0525. The third-order valence-electron chi connectivity index (χ3n) is 4.33. The summed E-state index contributed by atoms with van der Waals surface area (Å²) in [5, 5.41) is 0. The van der Waals surface area contributed by atoms with Crippen LogP contribution in [0.4, 0.5) is 0 Å². The van der Waals surface area contributed by atoms with Gasteiger partial charge in [-0.2, -0.15) is 0 Å². The molecule has 1 saturated heterocycles. The zero-order valence-electron chi connectivity index (χ0n) is 14.1. The maximum Gasteiger partial charge on any atom is 0.254 e. The van der Waals surface area contributed by atoms with E-state index in [1.54, 1.807) is 18.4 Å². The molecular formula is C18H21NO5. The summed E-state index contributed by atoms with van der Waals surface area (Å²) in [5.74, 6) is 2.54. The zero-order chi connectivity index (χ0) is 17.1. The van der Waals surface area contributed by atoms with Crippen LogP contribution >= 0.6 is 0 Å². The molecule has 0 radical (unpaired) electrons. The molecule has 2 heterocycles. The molecule has 24 heavy (non-hydrogen) atoms. The summed E-state index contributed by atoms with van der Waals surface area (Å²) in [7, 11) is 4.61. The molecule has 0 aliphatic carbocycles. The molecule has 1 unspecified atom stereocenters. The van der Waals surface area contributed by atoms with Crippen LogP contribution in [0.15, 0.2) is 34.9 Å². The zero-order valence-corrected chi connectivity index (χ0v) is 14.1. The van der Waals surface area contributed by atoms with Crippen molar-refractivity contribution in [3.63, 3.8) is 0 Å². The number of hydrogen-bond acceptors (Lipinski definition) is 5. The van der Waals surface area contributed by atoms with Crippen molar-refractivity contribution in [2.24, 2.45) is 0 Å². The average molecular weight is 331 g/mol. The van der Waals surface area contributed by atoms with Crippen molar-refractivity contribution >= 4 is 5.91 Å². The van der Waals surface area contributed by atoms with Gasteiger partial charge in [0.1, 0.15) is 5.76 Å². The standard InChI is InChI=1S/C18H21NO5/c1-21-15-9-13(10-16(22-2)17(15)23-3)18(20)19-7-6-12(11-19)14-5-4-8-24-14/h4-5,8-10,12H,6-7,11H2,1-3H3. The van der Waals surface area contributed by atoms with Crippen molar-refractivity contribution in [3.8, 4) is 17.2 Å². The van der Waals surface area contributed by atoms with Gasteiger partial charge in [-0.25, -0.2) is 0 Å². The third-order valence-corrected chi connectivity index (χ3v) is 4.33. The molecular weight excluding hydrogens is 310 g/mol. The number of likely N-dealkylation sites (tertiary alicyclic amines) is 1. The predicted octanol–water partition coefficient (Wildman–Crippen LogP) is 2.94. The van der Waals surface area contributed by atoms with E-state index < -0.39 is 0 Å². The Labute approximate surface area is 140 Å². The maximum absolute atomic E-state index is 12.8. The summed E-state index contributed by atoms with van der Waals surface area (Å²) in [5.41, 5.74) is 0.518. The smallest absolute Gasteiger partial charge is 0.254 e. The summed E-state index contributed by atoms with van der Waals surface area (Å²) in [6, 6.07) is 7.20. The lowest BCUT2D eigenvalue weighted by Crippen LogP contribution is -2.28. The average Bonchev–Trinajstić information content (AvgIpc) is 3.30. The Hall–Kier alpha value is -2.63. The van der Waals surface area contributed by atoms with Gasteiger partial charge in [0.2, 0.25) is 5.75 Å². The number of hydrogen-bond donors (Lipinski definition) is 0. The number of methoxy groups -OCH3 is 3. The van der Waals surface area contributed by atoms with E-state index in [1.807, 2.05) is 17.0 Å². The molecule has 1 amide bonds. The minimum atomic E-state index is -0.0525. The van der Waals surface area contributed by atoms with Gasteiger partial charge < -0.3 is 23.5 Å². The summed E-state index contributed by atoms with van der Waals surface area (Å²) in [6.07, 6.45) is 2.56. The highest BCUT2D eigenvalue weighted by Gasteiger charge is 2.30. The largest absolute Gasteiger partial charge is 0.493 e. The molecule has 1 aromatic heterocycles. The molecule has 128 valence electrons. The van der Waals surface area contributed by atoms with Gasteiger partial charge in [0, 0.05) is 24.6 Å². The molecule has 1 fully saturated rings. The second-order valence-corrected chi connectivity index (χ2v) is 5.67. The molecule has 1 aliphatic rings. The van der Waals surface area contributed by atoms with Gasteiger partial charge in [0.05, 0.1) is 27.6 Å². The monoisotopic (exact) mass is 331 g/mol. The quantitative estimate of drug-likeness (QED) is 0.843. The van der Waals surface area contributed by atoms with E-state index in [4.69, 9.17) is 18.6 Å². The fourth-order valence-corrected chi connectivity index (χ4v) is 3.09. The number of nitrogens with zero attached hydrogens (tertiary/aromatic N) is 1. The molecule has 6 heteroatoms. The number of furan rings is 1. The van der Waals surface area contributed by atoms with Crippen molar-refractivity contribution in [1.82, 2.24) is 4.90 Å².